The van der Waals surface area contributed by atoms with Gasteiger partial charge in [-0.15, -0.1) is 0 Å². The van der Waals surface area contributed by atoms with E-state index in [1.54, 1.807) is 104 Å². The van der Waals surface area contributed by atoms with E-state index in [-0.39, 0.29) is 138 Å². The molecule has 0 saturated heterocycles. The zero-order valence-electron chi connectivity index (χ0n) is 65.7. The number of hydrogen-bond donors (Lipinski definition) is 8. The Balaban J connectivity index is 0. The first-order valence-corrected chi connectivity index (χ1v) is 36.2. The molecule has 0 spiro atoms. The average molecular weight is 1980 g/mol. The van der Waals surface area contributed by atoms with E-state index in [4.69, 9.17) is 40.1 Å². The van der Waals surface area contributed by atoms with E-state index in [9.17, 15) is 105 Å². The second-order valence-electron chi connectivity index (χ2n) is 26.2. The minimum atomic E-state index is -4.58. The number of nitrogen functional groups attached to an aromatic ring is 7. The molecule has 0 unspecified atom stereocenters. The van der Waals surface area contributed by atoms with E-state index in [1.165, 1.54) is 6.92 Å². The Kier molecular flexibility index (Phi) is 44.0. The van der Waals surface area contributed by atoms with Gasteiger partial charge in [-0.3, -0.25) is 0 Å². The monoisotopic (exact) mass is 1970 g/mol. The third-order valence-corrected chi connectivity index (χ3v) is 15.6. The molecular formula is C68H83BBr3F24N24S. The minimum absolute atomic E-state index is 0. The first-order valence-electron chi connectivity index (χ1n) is 33.4. The van der Waals surface area contributed by atoms with Crippen molar-refractivity contribution in [2.45, 2.75) is 209 Å². The Morgan fingerprint density at radius 2 is 0.537 bits per heavy atom. The second kappa shape index (κ2) is 46.8. The van der Waals surface area contributed by atoms with E-state index in [1.807, 2.05) is 0 Å². The van der Waals surface area contributed by atoms with Crippen LogP contribution in [0.3, 0.4) is 0 Å². The quantitative estimate of drug-likeness (QED) is 0.0288. The van der Waals surface area contributed by atoms with Crippen LogP contribution in [0.25, 0.3) is 11.1 Å². The molecule has 0 fully saturated rings. The molecule has 0 bridgehead atoms. The average Bonchev–Trinajstić information content (AvgIpc) is 0.831. The van der Waals surface area contributed by atoms with Crippen molar-refractivity contribution in [2.75, 3.05) is 40.1 Å². The maximum absolute atomic E-state index is 12.7. The van der Waals surface area contributed by atoms with Gasteiger partial charge in [-0.2, -0.15) is 105 Å². The molecule has 0 aromatic carbocycles. The predicted molar refractivity (Wildman–Crippen MR) is 422 cm³/mol. The van der Waals surface area contributed by atoms with E-state index in [0.717, 1.165) is 31.0 Å². The molecule has 14 N–H and O–H groups in total. The molecule has 8 aromatic heterocycles. The van der Waals surface area contributed by atoms with Crippen molar-refractivity contribution in [3.05, 3.63) is 156 Å². The van der Waals surface area contributed by atoms with Gasteiger partial charge in [-0.25, -0.2) is 79.7 Å². The van der Waals surface area contributed by atoms with Gasteiger partial charge in [0.05, 0.1) is 127 Å². The maximum atomic E-state index is 12.7. The number of nitrogens with two attached hydrogens (primary N) is 7. The SMILES string of the molecule is C.C=C(C)c1nc(C(F)(F)F)nc(C(C)C)c1N.C=C(C)c1nc(C(F)(F)F)ncc1N.CC(C)c1nc(C(F)(F)F)nc(Br)c1N.CC(C)c1nc(C(F)(F)F)nc(C(C)C)c1Br.CC(C)c1nc(C(F)(F)F)nc(C(C)C)c1N.CC(C)c1nc(C(F)(F)F)ncc1N.Nc1cnc(C(F)(F)F)nc1.Nc1cnc(C(F)(F)F)nc1Br.[B]=NS. The molecule has 0 amide bonds. The molecule has 53 heteroatoms. The van der Waals surface area contributed by atoms with Crippen LogP contribution in [-0.4, -0.2) is 87.4 Å². The molecule has 0 aliphatic carbocycles. The number of thiol groups is 1. The number of hydrogen-bond acceptors (Lipinski definition) is 25. The van der Waals surface area contributed by atoms with E-state index in [2.05, 4.69) is 165 Å². The fourth-order valence-electron chi connectivity index (χ4n) is 8.15. The zero-order chi connectivity index (χ0) is 94.3. The van der Waals surface area contributed by atoms with Crippen LogP contribution in [0.4, 0.5) is 145 Å². The number of allylic oxidation sites excluding steroid dienone is 2. The summed E-state index contributed by atoms with van der Waals surface area (Å²) in [6.45, 7) is 34.7. The zero-order valence-corrected chi connectivity index (χ0v) is 71.4. The number of rotatable bonds is 9. The van der Waals surface area contributed by atoms with Gasteiger partial charge in [0.15, 0.2) is 0 Å². The number of halogens is 27. The molecule has 24 nitrogen and oxygen atoms in total. The summed E-state index contributed by atoms with van der Waals surface area (Å²) in [4.78, 5) is 52.8. The first kappa shape index (κ1) is 114. The molecule has 1 radical (unpaired) electrons. The van der Waals surface area contributed by atoms with Crippen LogP contribution >= 0.6 is 60.6 Å². The van der Waals surface area contributed by atoms with E-state index < -0.39 is 96.0 Å². The van der Waals surface area contributed by atoms with Crippen molar-refractivity contribution < 1.29 is 105 Å². The molecule has 673 valence electrons. The van der Waals surface area contributed by atoms with Crippen LogP contribution < -0.4 is 40.1 Å². The number of anilines is 7. The summed E-state index contributed by atoms with van der Waals surface area (Å²) in [7, 11) is 4.34. The van der Waals surface area contributed by atoms with Crippen molar-refractivity contribution in [3.63, 3.8) is 0 Å². The predicted octanol–water partition coefficient (Wildman–Crippen LogP) is 22.1. The fourth-order valence-corrected chi connectivity index (χ4v) is 9.89. The van der Waals surface area contributed by atoms with Gasteiger partial charge in [-0.1, -0.05) is 118 Å². The Hall–Kier alpha value is -9.31. The molecule has 8 heterocycles. The summed E-state index contributed by atoms with van der Waals surface area (Å²) in [5.74, 6) is -10.3. The van der Waals surface area contributed by atoms with Crippen LogP contribution in [0.5, 0.6) is 0 Å². The summed E-state index contributed by atoms with van der Waals surface area (Å²) in [5, 5.41) is 0. The van der Waals surface area contributed by atoms with Crippen molar-refractivity contribution in [1.29, 1.82) is 0 Å². The molecule has 8 rings (SSSR count). The number of alkyl halides is 24. The van der Waals surface area contributed by atoms with Gasteiger partial charge in [0.1, 0.15) is 9.21 Å². The van der Waals surface area contributed by atoms with Gasteiger partial charge < -0.3 is 40.1 Å². The topological polar surface area (TPSA) is 401 Å². The van der Waals surface area contributed by atoms with Gasteiger partial charge in [-0.05, 0) is 114 Å². The van der Waals surface area contributed by atoms with Gasteiger partial charge in [0.2, 0.25) is 46.6 Å². The molecule has 0 saturated carbocycles. The van der Waals surface area contributed by atoms with Crippen molar-refractivity contribution in [2.24, 2.45) is 4.30 Å². The Morgan fingerprint density at radius 3 is 0.835 bits per heavy atom. The molecule has 0 atom stereocenters. The molecule has 8 aromatic rings. The van der Waals surface area contributed by atoms with Crippen LogP contribution in [0.1, 0.15) is 257 Å². The van der Waals surface area contributed by atoms with Crippen molar-refractivity contribution >= 4 is 119 Å². The van der Waals surface area contributed by atoms with E-state index in [0.29, 0.717) is 27.0 Å². The summed E-state index contributed by atoms with van der Waals surface area (Å²) in [6, 6.07) is 0. The normalized spacial score (nSPS) is 11.8. The van der Waals surface area contributed by atoms with Gasteiger partial charge in [0.25, 0.3) is 0 Å². The number of nitrogens with zero attached hydrogens (tertiary/aromatic N) is 17. The number of aromatic nitrogens is 16. The Bertz CT molecular complexity index is 4560. The van der Waals surface area contributed by atoms with Crippen LogP contribution in [-0.2, 0) is 49.4 Å². The molecule has 0 aliphatic heterocycles. The fraction of sp³-hybridized carbons (Fsp3) is 0.471. The Morgan fingerprint density at radius 1 is 0.314 bits per heavy atom. The summed E-state index contributed by atoms with van der Waals surface area (Å²) < 4.78 is 298. The summed E-state index contributed by atoms with van der Waals surface area (Å²) in [6.07, 6.45) is -31.6. The van der Waals surface area contributed by atoms with Crippen LogP contribution in [0.15, 0.2) is 62.1 Å². The van der Waals surface area contributed by atoms with E-state index >= 15 is 0 Å². The standard InChI is InChI=1S/C11H14BrF3N2.C11H16F3N3.C11H14F3N3.C8H9BrF3N3.C8H10F3N3.C8H8F3N3.C5H3BrF3N3.C5H4F3N3.CH4.BHNS/c1-5(2)8-7(12)9(6(3)4)17-10(16-8)11(13,14)15;2*1-5(2)8-7(15)9(6(3)4)17-10(16-8)11(12,13)14;1-3(2)5-4(13)6(9)15-7(14-5)8(10,11)12;2*1-4(2)6-5(12)3-13-7(14-6)8(9,10)11;6-3-2(10)1-11-4(12-3)5(7,8)9;6-5(7,8)4-10-1-3(9)2-11-4;;1-2-3/h5-6H,1-4H3;5-6H,15H2,1-4H3;6H,1,15H2,2-4H3;3H,13H2,1-2H3;3-4H,12H2,1-2H3;3H,1,12H2,2H3;1H,10H2;1-2H,9H2;1H4;3H. The third kappa shape index (κ3) is 37.1. The van der Waals surface area contributed by atoms with Crippen molar-refractivity contribution in [3.8, 4) is 0 Å². The second-order valence-corrected chi connectivity index (χ2v) is 28.8. The van der Waals surface area contributed by atoms with Gasteiger partial charge >= 0.3 is 74.2 Å². The van der Waals surface area contributed by atoms with Crippen LogP contribution in [0.2, 0.25) is 0 Å². The van der Waals surface area contributed by atoms with Crippen molar-refractivity contribution in [1.82, 2.24) is 79.7 Å². The summed E-state index contributed by atoms with van der Waals surface area (Å²) >= 11 is 12.1. The summed E-state index contributed by atoms with van der Waals surface area (Å²) in [5.41, 5.74) is 42.0. The van der Waals surface area contributed by atoms with Crippen LogP contribution in [0, 0.1) is 0 Å². The molecular weight excluding hydrogens is 1890 g/mol. The third-order valence-electron chi connectivity index (χ3n) is 13.6. The van der Waals surface area contributed by atoms with Gasteiger partial charge in [0, 0.05) is 0 Å². The first-order chi connectivity index (χ1) is 54.1. The Labute approximate surface area is 709 Å². The molecule has 0 aliphatic rings. The molecule has 121 heavy (non-hydrogen) atoms.